The number of hydrogen-bond donors (Lipinski definition) is 3. The van der Waals surface area contributed by atoms with Crippen LogP contribution in [0, 0.1) is 13.8 Å². The zero-order chi connectivity index (χ0) is 22.9. The van der Waals surface area contributed by atoms with Crippen molar-refractivity contribution in [3.63, 3.8) is 0 Å². The smallest absolute Gasteiger partial charge is 0.241 e. The van der Waals surface area contributed by atoms with E-state index in [1.807, 2.05) is 73.6 Å². The van der Waals surface area contributed by atoms with Crippen LogP contribution in [0.15, 0.2) is 41.3 Å². The number of rotatable bonds is 6. The van der Waals surface area contributed by atoms with E-state index in [1.54, 1.807) is 17.3 Å². The maximum Gasteiger partial charge on any atom is 0.241 e. The number of nitrogens with one attached hydrogen (secondary N) is 2. The molecule has 0 heterocycles. The maximum absolute atomic E-state index is 12.4. The third kappa shape index (κ3) is 6.98. The molecule has 0 spiro atoms. The lowest BCUT2D eigenvalue weighted by Crippen LogP contribution is -2.61. The molecule has 7 nitrogen and oxygen atoms in total. The van der Waals surface area contributed by atoms with E-state index in [0.717, 1.165) is 11.1 Å². The summed E-state index contributed by atoms with van der Waals surface area (Å²) in [5.41, 5.74) is 8.45. The van der Waals surface area contributed by atoms with E-state index in [0.29, 0.717) is 11.4 Å². The fraction of sp³-hybridized carbons (Fsp3) is 0.455. The fourth-order valence-electron chi connectivity index (χ4n) is 2.74. The molecule has 0 amide bonds. The Hall–Kier alpha value is -2.13. The van der Waals surface area contributed by atoms with E-state index >= 15 is 0 Å². The van der Waals surface area contributed by atoms with Gasteiger partial charge in [0.15, 0.2) is 5.75 Å². The molecule has 0 radical (unpaired) electrons. The van der Waals surface area contributed by atoms with Crippen molar-refractivity contribution in [1.82, 2.24) is 10.9 Å². The maximum atomic E-state index is 12.4. The number of hydrazine groups is 2. The number of anilines is 1. The Kier molecular flexibility index (Phi) is 6.88. The molecule has 166 valence electrons. The van der Waals surface area contributed by atoms with E-state index in [1.165, 1.54) is 6.07 Å². The summed E-state index contributed by atoms with van der Waals surface area (Å²) in [5, 5.41) is 7.27. The Morgan fingerprint density at radius 3 is 1.80 bits per heavy atom. The van der Waals surface area contributed by atoms with Crippen molar-refractivity contribution in [2.45, 2.75) is 71.4 Å². The van der Waals surface area contributed by atoms with Crippen LogP contribution in [0.2, 0.25) is 0 Å². The summed E-state index contributed by atoms with van der Waals surface area (Å²) in [6, 6.07) is 10.8. The van der Waals surface area contributed by atoms with Crippen molar-refractivity contribution in [2.24, 2.45) is 5.14 Å². The number of ether oxygens (including phenoxy) is 1. The van der Waals surface area contributed by atoms with Crippen molar-refractivity contribution in [2.75, 3.05) is 5.12 Å². The number of primary sulfonamides is 1. The molecule has 4 N–H and O–H groups in total. The first kappa shape index (κ1) is 24.1. The molecule has 0 aliphatic carbocycles. The highest BCUT2D eigenvalue weighted by Gasteiger charge is 2.28. The van der Waals surface area contributed by atoms with Crippen molar-refractivity contribution in [3.8, 4) is 11.5 Å². The minimum Gasteiger partial charge on any atom is -0.454 e. The van der Waals surface area contributed by atoms with Crippen molar-refractivity contribution in [3.05, 3.63) is 47.5 Å². The highest BCUT2D eigenvalue weighted by molar-refractivity contribution is 7.89. The minimum atomic E-state index is -4.03. The minimum absolute atomic E-state index is 0.0745. The standard InChI is InChI=1S/C22H34N4O3S/c1-15-9-11-17(12-10-15)29-20-18(13-16(2)14-19(20)30(23,27)28)26(24-21(3,4)5)25-22(6,7)8/h9-14,24-25H,1-8H3,(H2,23,27,28). The molecule has 0 aromatic heterocycles. The largest absolute Gasteiger partial charge is 0.454 e. The number of hydrogen-bond acceptors (Lipinski definition) is 6. The Bertz CT molecular complexity index is 973. The molecule has 0 aliphatic rings. The van der Waals surface area contributed by atoms with Gasteiger partial charge in [0.05, 0.1) is 0 Å². The highest BCUT2D eigenvalue weighted by Crippen LogP contribution is 2.39. The van der Waals surface area contributed by atoms with Crippen molar-refractivity contribution in [1.29, 1.82) is 0 Å². The van der Waals surface area contributed by atoms with Crippen LogP contribution in [0.1, 0.15) is 52.7 Å². The van der Waals surface area contributed by atoms with E-state index in [9.17, 15) is 8.42 Å². The monoisotopic (exact) mass is 434 g/mol. The van der Waals surface area contributed by atoms with Crippen LogP contribution in [0.3, 0.4) is 0 Å². The second-order valence-corrected chi connectivity index (χ2v) is 11.2. The molecule has 0 unspecified atom stereocenters. The third-order valence-corrected chi connectivity index (χ3v) is 4.78. The Morgan fingerprint density at radius 2 is 1.37 bits per heavy atom. The molecule has 30 heavy (non-hydrogen) atoms. The van der Waals surface area contributed by atoms with Gasteiger partial charge >= 0.3 is 0 Å². The highest BCUT2D eigenvalue weighted by atomic mass is 32.2. The van der Waals surface area contributed by atoms with Gasteiger partial charge in [-0.15, -0.1) is 0 Å². The quantitative estimate of drug-likeness (QED) is 0.591. The number of nitrogens with zero attached hydrogens (tertiary/aromatic N) is 1. The van der Waals surface area contributed by atoms with Crippen LogP contribution >= 0.6 is 0 Å². The number of aryl methyl sites for hydroxylation is 2. The molecule has 0 fully saturated rings. The van der Waals surface area contributed by atoms with Gasteiger partial charge in [0.25, 0.3) is 0 Å². The number of sulfonamides is 1. The summed E-state index contributed by atoms with van der Waals surface area (Å²) in [6.07, 6.45) is 0. The van der Waals surface area contributed by atoms with E-state index < -0.39 is 10.0 Å². The summed E-state index contributed by atoms with van der Waals surface area (Å²) in [4.78, 5) is -0.0745. The average Bonchev–Trinajstić information content (AvgIpc) is 2.54. The third-order valence-electron chi connectivity index (χ3n) is 3.86. The fourth-order valence-corrected chi connectivity index (χ4v) is 3.50. The average molecular weight is 435 g/mol. The van der Waals surface area contributed by atoms with Gasteiger partial charge in [-0.25, -0.2) is 29.5 Å². The van der Waals surface area contributed by atoms with Crippen LogP contribution in [-0.2, 0) is 10.0 Å². The van der Waals surface area contributed by atoms with Gasteiger partial charge in [-0.3, -0.25) is 0 Å². The number of nitrogens with two attached hydrogens (primary N) is 1. The molecular formula is C22H34N4O3S. The normalized spacial score (nSPS) is 12.7. The summed E-state index contributed by atoms with van der Waals surface area (Å²) in [6.45, 7) is 15.9. The summed E-state index contributed by atoms with van der Waals surface area (Å²) in [7, 11) is -4.03. The first-order chi connectivity index (χ1) is 13.5. The van der Waals surface area contributed by atoms with Gasteiger partial charge < -0.3 is 4.74 Å². The van der Waals surface area contributed by atoms with Crippen molar-refractivity contribution < 1.29 is 13.2 Å². The molecule has 0 aliphatic heterocycles. The summed E-state index contributed by atoms with van der Waals surface area (Å²) >= 11 is 0. The first-order valence-corrected chi connectivity index (χ1v) is 11.4. The lowest BCUT2D eigenvalue weighted by atomic mass is 10.1. The van der Waals surface area contributed by atoms with Gasteiger partial charge in [0, 0.05) is 11.1 Å². The lowest BCUT2D eigenvalue weighted by Gasteiger charge is -2.39. The molecule has 2 aromatic rings. The zero-order valence-electron chi connectivity index (χ0n) is 19.1. The SMILES string of the molecule is Cc1ccc(Oc2c(N(NC(C)(C)C)NC(C)(C)C)cc(C)cc2S(N)(=O)=O)cc1. The molecular weight excluding hydrogens is 400 g/mol. The molecule has 2 rings (SSSR count). The van der Waals surface area contributed by atoms with Crippen LogP contribution in [0.25, 0.3) is 0 Å². The van der Waals surface area contributed by atoms with E-state index in [4.69, 9.17) is 9.88 Å². The van der Waals surface area contributed by atoms with Crippen LogP contribution < -0.4 is 25.8 Å². The molecule has 0 saturated carbocycles. The van der Waals surface area contributed by atoms with Gasteiger partial charge in [-0.05, 0) is 85.2 Å². The Labute approximate surface area is 180 Å². The Balaban J connectivity index is 2.73. The molecule has 0 saturated heterocycles. The molecule has 0 atom stereocenters. The van der Waals surface area contributed by atoms with Crippen LogP contribution in [-0.4, -0.2) is 19.5 Å². The second kappa shape index (κ2) is 8.55. The number of benzene rings is 2. The second-order valence-electron chi connectivity index (χ2n) is 9.63. The van der Waals surface area contributed by atoms with Crippen LogP contribution in [0.4, 0.5) is 5.69 Å². The zero-order valence-corrected chi connectivity index (χ0v) is 19.9. The van der Waals surface area contributed by atoms with E-state index in [-0.39, 0.29) is 21.7 Å². The van der Waals surface area contributed by atoms with Gasteiger partial charge in [0.2, 0.25) is 10.0 Å². The van der Waals surface area contributed by atoms with E-state index in [2.05, 4.69) is 10.9 Å². The predicted molar refractivity (Wildman–Crippen MR) is 122 cm³/mol. The van der Waals surface area contributed by atoms with Gasteiger partial charge in [0.1, 0.15) is 16.3 Å². The van der Waals surface area contributed by atoms with Crippen molar-refractivity contribution >= 4 is 15.7 Å². The van der Waals surface area contributed by atoms with Gasteiger partial charge in [-0.2, -0.15) is 0 Å². The lowest BCUT2D eigenvalue weighted by molar-refractivity contribution is 0.310. The predicted octanol–water partition coefficient (Wildman–Crippen LogP) is 4.16. The van der Waals surface area contributed by atoms with Gasteiger partial charge in [-0.1, -0.05) is 17.7 Å². The summed E-state index contributed by atoms with van der Waals surface area (Å²) in [5.74, 6) is 0.669. The first-order valence-electron chi connectivity index (χ1n) is 9.83. The molecule has 0 bridgehead atoms. The Morgan fingerprint density at radius 1 is 0.867 bits per heavy atom. The molecule has 2 aromatic carbocycles. The molecule has 8 heteroatoms. The van der Waals surface area contributed by atoms with Crippen LogP contribution in [0.5, 0.6) is 11.5 Å². The summed E-state index contributed by atoms with van der Waals surface area (Å²) < 4.78 is 31.0. The topological polar surface area (TPSA) is 96.7 Å².